The zero-order valence-corrected chi connectivity index (χ0v) is 8.27. The largest absolute Gasteiger partial charge is 0.0917 e. The summed E-state index contributed by atoms with van der Waals surface area (Å²) in [5, 5.41) is 0. The summed E-state index contributed by atoms with van der Waals surface area (Å²) < 4.78 is 0. The average molecular weight is 154 g/mol. The molecule has 1 unspecified atom stereocenters. The molecule has 0 aromatic heterocycles. The van der Waals surface area contributed by atoms with Gasteiger partial charge in [-0.25, -0.2) is 0 Å². The molecule has 0 saturated carbocycles. The maximum Gasteiger partial charge on any atom is -0.0348 e. The first-order chi connectivity index (χ1) is 5.35. The second-order valence-electron chi connectivity index (χ2n) is 3.21. The van der Waals surface area contributed by atoms with Gasteiger partial charge in [0.1, 0.15) is 0 Å². The molecule has 0 amide bonds. The molecule has 11 heavy (non-hydrogen) atoms. The van der Waals surface area contributed by atoms with E-state index in [4.69, 9.17) is 0 Å². The molecule has 0 aliphatic carbocycles. The van der Waals surface area contributed by atoms with Crippen LogP contribution in [-0.4, -0.2) is 0 Å². The predicted molar refractivity (Wildman–Crippen MR) is 52.7 cm³/mol. The number of hydrogen-bond donors (Lipinski definition) is 0. The van der Waals surface area contributed by atoms with Gasteiger partial charge in [-0.2, -0.15) is 0 Å². The van der Waals surface area contributed by atoms with Crippen molar-refractivity contribution >= 4 is 0 Å². The van der Waals surface area contributed by atoms with Crippen LogP contribution in [0.15, 0.2) is 12.2 Å². The van der Waals surface area contributed by atoms with E-state index in [0.29, 0.717) is 0 Å². The van der Waals surface area contributed by atoms with Crippen LogP contribution in [0.4, 0.5) is 0 Å². The first-order valence-electron chi connectivity index (χ1n) is 4.96. The Morgan fingerprint density at radius 2 is 1.91 bits per heavy atom. The minimum atomic E-state index is 0.969. The molecular formula is C11H22. The van der Waals surface area contributed by atoms with Gasteiger partial charge in [0.05, 0.1) is 0 Å². The lowest BCUT2D eigenvalue weighted by Crippen LogP contribution is -1.96. The number of rotatable bonds is 6. The van der Waals surface area contributed by atoms with Crippen LogP contribution in [0.1, 0.15) is 52.9 Å². The van der Waals surface area contributed by atoms with Crippen LogP contribution in [0.5, 0.6) is 0 Å². The molecule has 0 bridgehead atoms. The van der Waals surface area contributed by atoms with Gasteiger partial charge in [0, 0.05) is 0 Å². The van der Waals surface area contributed by atoms with Gasteiger partial charge in [0.25, 0.3) is 0 Å². The minimum Gasteiger partial charge on any atom is -0.0917 e. The molecule has 1 atom stereocenters. The standard InChI is InChI=1S/C11H22/c1-4-7-8-10-11(6-3)9-5-2/h4,7,11H,5-6,8-10H2,1-3H3. The monoisotopic (exact) mass is 154 g/mol. The Hall–Kier alpha value is -0.260. The zero-order valence-electron chi connectivity index (χ0n) is 8.27. The van der Waals surface area contributed by atoms with E-state index in [-0.39, 0.29) is 0 Å². The summed E-state index contributed by atoms with van der Waals surface area (Å²) in [5.41, 5.74) is 0. The van der Waals surface area contributed by atoms with Gasteiger partial charge in [0.2, 0.25) is 0 Å². The van der Waals surface area contributed by atoms with Crippen LogP contribution in [0.2, 0.25) is 0 Å². The first-order valence-corrected chi connectivity index (χ1v) is 4.96. The van der Waals surface area contributed by atoms with E-state index in [1.54, 1.807) is 0 Å². The summed E-state index contributed by atoms with van der Waals surface area (Å²) in [6.45, 7) is 6.68. The number of allylic oxidation sites excluding steroid dienone is 2. The fraction of sp³-hybridized carbons (Fsp3) is 0.818. The smallest absolute Gasteiger partial charge is 0.0348 e. The Balaban J connectivity index is 3.35. The SMILES string of the molecule is CC=CCCC(CC)CCC. The maximum atomic E-state index is 2.30. The lowest BCUT2D eigenvalue weighted by atomic mass is 9.95. The molecule has 0 rings (SSSR count). The van der Waals surface area contributed by atoms with E-state index >= 15 is 0 Å². The van der Waals surface area contributed by atoms with Gasteiger partial charge in [-0.1, -0.05) is 45.3 Å². The van der Waals surface area contributed by atoms with E-state index < -0.39 is 0 Å². The minimum absolute atomic E-state index is 0.969. The second kappa shape index (κ2) is 7.84. The third kappa shape index (κ3) is 6.15. The van der Waals surface area contributed by atoms with Gasteiger partial charge < -0.3 is 0 Å². The Kier molecular flexibility index (Phi) is 7.66. The summed E-state index contributed by atoms with van der Waals surface area (Å²) in [6, 6.07) is 0. The van der Waals surface area contributed by atoms with Crippen LogP contribution in [-0.2, 0) is 0 Å². The van der Waals surface area contributed by atoms with Crippen molar-refractivity contribution in [2.45, 2.75) is 52.9 Å². The molecule has 0 aliphatic heterocycles. The fourth-order valence-electron chi connectivity index (χ4n) is 1.46. The van der Waals surface area contributed by atoms with Gasteiger partial charge in [-0.15, -0.1) is 0 Å². The maximum absolute atomic E-state index is 2.30. The Morgan fingerprint density at radius 3 is 2.36 bits per heavy atom. The van der Waals surface area contributed by atoms with E-state index in [1.807, 2.05) is 0 Å². The molecule has 0 aromatic carbocycles. The van der Waals surface area contributed by atoms with Crippen LogP contribution in [0.25, 0.3) is 0 Å². The van der Waals surface area contributed by atoms with E-state index in [2.05, 4.69) is 32.9 Å². The third-order valence-corrected chi connectivity index (χ3v) is 2.25. The van der Waals surface area contributed by atoms with Gasteiger partial charge in [0.15, 0.2) is 0 Å². The highest BCUT2D eigenvalue weighted by Crippen LogP contribution is 2.16. The van der Waals surface area contributed by atoms with Crippen molar-refractivity contribution in [1.29, 1.82) is 0 Å². The molecule has 0 aromatic rings. The molecule has 0 heteroatoms. The molecular weight excluding hydrogens is 132 g/mol. The first kappa shape index (κ1) is 10.7. The molecule has 66 valence electrons. The molecule has 0 N–H and O–H groups in total. The van der Waals surface area contributed by atoms with Crippen molar-refractivity contribution in [3.63, 3.8) is 0 Å². The summed E-state index contributed by atoms with van der Waals surface area (Å²) in [5.74, 6) is 0.969. The summed E-state index contributed by atoms with van der Waals surface area (Å²) in [4.78, 5) is 0. The molecule has 0 nitrogen and oxygen atoms in total. The van der Waals surface area contributed by atoms with E-state index in [9.17, 15) is 0 Å². The molecule has 0 fully saturated rings. The van der Waals surface area contributed by atoms with E-state index in [0.717, 1.165) is 5.92 Å². The Morgan fingerprint density at radius 1 is 1.18 bits per heavy atom. The van der Waals surface area contributed by atoms with Crippen molar-refractivity contribution in [3.05, 3.63) is 12.2 Å². The van der Waals surface area contributed by atoms with Crippen LogP contribution in [0, 0.1) is 5.92 Å². The highest BCUT2D eigenvalue weighted by molar-refractivity contribution is 4.77. The van der Waals surface area contributed by atoms with Crippen LogP contribution in [0.3, 0.4) is 0 Å². The lowest BCUT2D eigenvalue weighted by Gasteiger charge is -2.11. The summed E-state index contributed by atoms with van der Waals surface area (Å²) in [7, 11) is 0. The quantitative estimate of drug-likeness (QED) is 0.504. The highest BCUT2D eigenvalue weighted by Gasteiger charge is 2.02. The van der Waals surface area contributed by atoms with Crippen molar-refractivity contribution < 1.29 is 0 Å². The zero-order chi connectivity index (χ0) is 8.53. The van der Waals surface area contributed by atoms with Crippen LogP contribution >= 0.6 is 0 Å². The molecule has 0 radical (unpaired) electrons. The van der Waals surface area contributed by atoms with Crippen molar-refractivity contribution in [2.24, 2.45) is 5.92 Å². The van der Waals surface area contributed by atoms with Crippen molar-refractivity contribution in [1.82, 2.24) is 0 Å². The van der Waals surface area contributed by atoms with Crippen LogP contribution < -0.4 is 0 Å². The molecule has 0 aliphatic rings. The average Bonchev–Trinajstić information content (AvgIpc) is 2.03. The Bertz CT molecular complexity index is 92.2. The van der Waals surface area contributed by atoms with Gasteiger partial charge in [-0.05, 0) is 25.7 Å². The molecule has 0 heterocycles. The fourth-order valence-corrected chi connectivity index (χ4v) is 1.46. The van der Waals surface area contributed by atoms with Crippen molar-refractivity contribution in [2.75, 3.05) is 0 Å². The normalized spacial score (nSPS) is 14.1. The van der Waals surface area contributed by atoms with Gasteiger partial charge >= 0.3 is 0 Å². The number of hydrogen-bond acceptors (Lipinski definition) is 0. The second-order valence-corrected chi connectivity index (χ2v) is 3.21. The third-order valence-electron chi connectivity index (χ3n) is 2.25. The predicted octanol–water partition coefficient (Wildman–Crippen LogP) is 4.17. The van der Waals surface area contributed by atoms with Crippen molar-refractivity contribution in [3.8, 4) is 0 Å². The highest BCUT2D eigenvalue weighted by atomic mass is 14.1. The van der Waals surface area contributed by atoms with E-state index in [1.165, 1.54) is 32.1 Å². The van der Waals surface area contributed by atoms with Gasteiger partial charge in [-0.3, -0.25) is 0 Å². The Labute approximate surface area is 71.7 Å². The summed E-state index contributed by atoms with van der Waals surface area (Å²) >= 11 is 0. The summed E-state index contributed by atoms with van der Waals surface area (Å²) in [6.07, 6.45) is 11.2. The molecule has 0 spiro atoms. The molecule has 0 saturated heterocycles. The lowest BCUT2D eigenvalue weighted by molar-refractivity contribution is 0.436. The topological polar surface area (TPSA) is 0 Å².